The molecule has 138 valence electrons. The number of anilines is 1. The average molecular weight is 365 g/mol. The van der Waals surface area contributed by atoms with Crippen molar-refractivity contribution in [1.82, 2.24) is 10.5 Å². The molecule has 0 aliphatic carbocycles. The Hall–Kier alpha value is -3.61. The first kappa shape index (κ1) is 18.2. The van der Waals surface area contributed by atoms with Crippen molar-refractivity contribution < 1.29 is 18.8 Å². The summed E-state index contributed by atoms with van der Waals surface area (Å²) in [6, 6.07) is 16.2. The fourth-order valence-corrected chi connectivity index (χ4v) is 2.53. The molecule has 3 rings (SSSR count). The maximum Gasteiger partial charge on any atom is 0.411 e. The van der Waals surface area contributed by atoms with Crippen molar-refractivity contribution in [2.45, 2.75) is 13.5 Å². The molecule has 0 unspecified atom stereocenters. The van der Waals surface area contributed by atoms with Crippen LogP contribution in [0.5, 0.6) is 0 Å². The van der Waals surface area contributed by atoms with Crippen molar-refractivity contribution in [3.63, 3.8) is 0 Å². The van der Waals surface area contributed by atoms with Gasteiger partial charge in [-0.25, -0.2) is 4.79 Å². The molecule has 0 atom stereocenters. The number of amides is 2. The third kappa shape index (κ3) is 4.33. The van der Waals surface area contributed by atoms with E-state index in [0.717, 1.165) is 11.1 Å². The Morgan fingerprint density at radius 3 is 2.44 bits per heavy atom. The molecule has 7 heteroatoms. The molecule has 0 saturated carbocycles. The number of methoxy groups -OCH3 is 1. The number of carbonyl (C=O) groups excluding carboxylic acids is 2. The van der Waals surface area contributed by atoms with E-state index in [4.69, 9.17) is 4.52 Å². The summed E-state index contributed by atoms with van der Waals surface area (Å²) < 4.78 is 9.95. The highest BCUT2D eigenvalue weighted by atomic mass is 16.5. The first-order valence-electron chi connectivity index (χ1n) is 8.32. The number of nitrogens with one attached hydrogen (secondary N) is 2. The van der Waals surface area contributed by atoms with Crippen LogP contribution in [-0.2, 0) is 11.3 Å². The lowest BCUT2D eigenvalue weighted by Gasteiger charge is -2.06. The molecule has 0 saturated heterocycles. The first-order valence-corrected chi connectivity index (χ1v) is 8.32. The normalized spacial score (nSPS) is 10.3. The first-order chi connectivity index (χ1) is 13.1. The van der Waals surface area contributed by atoms with Crippen molar-refractivity contribution in [3.05, 3.63) is 71.4 Å². The van der Waals surface area contributed by atoms with Gasteiger partial charge in [-0.1, -0.05) is 35.5 Å². The van der Waals surface area contributed by atoms with Gasteiger partial charge in [-0.2, -0.15) is 0 Å². The van der Waals surface area contributed by atoms with Gasteiger partial charge >= 0.3 is 6.09 Å². The highest BCUT2D eigenvalue weighted by Gasteiger charge is 2.15. The maximum absolute atomic E-state index is 12.3. The Kier molecular flexibility index (Phi) is 5.51. The van der Waals surface area contributed by atoms with Gasteiger partial charge in [-0.15, -0.1) is 0 Å². The molecule has 1 heterocycles. The Morgan fingerprint density at radius 2 is 1.78 bits per heavy atom. The number of hydrogen-bond acceptors (Lipinski definition) is 5. The summed E-state index contributed by atoms with van der Waals surface area (Å²) >= 11 is 0. The van der Waals surface area contributed by atoms with E-state index < -0.39 is 6.09 Å². The summed E-state index contributed by atoms with van der Waals surface area (Å²) in [5.74, 6) is 0.446. The number of benzene rings is 2. The SMILES string of the molecule is COC(=O)Nc1ccc(C(=O)NCc2noc(-c3ccccc3)c2C)cc1. The second-order valence-electron chi connectivity index (χ2n) is 5.83. The van der Waals surface area contributed by atoms with E-state index in [-0.39, 0.29) is 12.5 Å². The van der Waals surface area contributed by atoms with Crippen LogP contribution in [0.3, 0.4) is 0 Å². The third-order valence-electron chi connectivity index (χ3n) is 4.05. The summed E-state index contributed by atoms with van der Waals surface area (Å²) in [6.45, 7) is 2.16. The van der Waals surface area contributed by atoms with Crippen molar-refractivity contribution >= 4 is 17.7 Å². The number of nitrogens with zero attached hydrogens (tertiary/aromatic N) is 1. The smallest absolute Gasteiger partial charge is 0.411 e. The largest absolute Gasteiger partial charge is 0.453 e. The minimum absolute atomic E-state index is 0.247. The fourth-order valence-electron chi connectivity index (χ4n) is 2.53. The van der Waals surface area contributed by atoms with Crippen LogP contribution in [0.25, 0.3) is 11.3 Å². The van der Waals surface area contributed by atoms with E-state index >= 15 is 0 Å². The molecule has 1 aromatic heterocycles. The van der Waals surface area contributed by atoms with Crippen LogP contribution in [0, 0.1) is 6.92 Å². The lowest BCUT2D eigenvalue weighted by atomic mass is 10.1. The molecule has 0 spiro atoms. The van der Waals surface area contributed by atoms with Gasteiger partial charge < -0.3 is 14.6 Å². The van der Waals surface area contributed by atoms with Gasteiger partial charge in [-0.05, 0) is 31.2 Å². The Labute approximate surface area is 156 Å². The van der Waals surface area contributed by atoms with Crippen LogP contribution >= 0.6 is 0 Å². The number of rotatable bonds is 5. The van der Waals surface area contributed by atoms with E-state index in [1.165, 1.54) is 7.11 Å². The lowest BCUT2D eigenvalue weighted by molar-refractivity contribution is 0.0950. The standard InChI is InChI=1S/C20H19N3O4/c1-13-17(23-27-18(13)14-6-4-3-5-7-14)12-21-19(24)15-8-10-16(11-9-15)22-20(25)26-2/h3-11H,12H2,1-2H3,(H,21,24)(H,22,25). The van der Waals surface area contributed by atoms with Crippen LogP contribution in [0.15, 0.2) is 59.1 Å². The molecule has 2 N–H and O–H groups in total. The summed E-state index contributed by atoms with van der Waals surface area (Å²) in [6.07, 6.45) is -0.567. The molecule has 2 amide bonds. The van der Waals surface area contributed by atoms with Crippen molar-refractivity contribution in [3.8, 4) is 11.3 Å². The lowest BCUT2D eigenvalue weighted by Crippen LogP contribution is -2.23. The summed E-state index contributed by atoms with van der Waals surface area (Å²) in [5.41, 5.74) is 3.51. The van der Waals surface area contributed by atoms with E-state index in [1.807, 2.05) is 37.3 Å². The highest BCUT2D eigenvalue weighted by molar-refractivity contribution is 5.95. The van der Waals surface area contributed by atoms with E-state index in [0.29, 0.717) is 22.7 Å². The highest BCUT2D eigenvalue weighted by Crippen LogP contribution is 2.25. The molecule has 0 aliphatic heterocycles. The van der Waals surface area contributed by atoms with Crippen LogP contribution in [-0.4, -0.2) is 24.3 Å². The summed E-state index contributed by atoms with van der Waals surface area (Å²) in [4.78, 5) is 23.5. The van der Waals surface area contributed by atoms with Gasteiger partial charge in [0.1, 0.15) is 5.69 Å². The number of carbonyl (C=O) groups is 2. The predicted molar refractivity (Wildman–Crippen MR) is 100 cm³/mol. The monoisotopic (exact) mass is 365 g/mol. The van der Waals surface area contributed by atoms with Crippen molar-refractivity contribution in [1.29, 1.82) is 0 Å². The number of hydrogen-bond donors (Lipinski definition) is 2. The van der Waals surface area contributed by atoms with E-state index in [1.54, 1.807) is 24.3 Å². The molecular formula is C20H19N3O4. The zero-order chi connectivity index (χ0) is 19.2. The van der Waals surface area contributed by atoms with Crippen LogP contribution < -0.4 is 10.6 Å². The Balaban J connectivity index is 1.63. The van der Waals surface area contributed by atoms with Crippen molar-refractivity contribution in [2.24, 2.45) is 0 Å². The molecule has 0 fully saturated rings. The van der Waals surface area contributed by atoms with Crippen LogP contribution in [0.1, 0.15) is 21.6 Å². The topological polar surface area (TPSA) is 93.5 Å². The van der Waals surface area contributed by atoms with Gasteiger partial charge in [0.15, 0.2) is 5.76 Å². The Bertz CT molecular complexity index is 934. The minimum atomic E-state index is -0.567. The molecule has 0 aliphatic rings. The fraction of sp³-hybridized carbons (Fsp3) is 0.150. The molecule has 0 radical (unpaired) electrons. The average Bonchev–Trinajstić information content (AvgIpc) is 3.07. The third-order valence-corrected chi connectivity index (χ3v) is 4.05. The minimum Gasteiger partial charge on any atom is -0.453 e. The van der Waals surface area contributed by atoms with E-state index in [9.17, 15) is 9.59 Å². The quantitative estimate of drug-likeness (QED) is 0.718. The Morgan fingerprint density at radius 1 is 1.07 bits per heavy atom. The number of ether oxygens (including phenoxy) is 1. The molecule has 27 heavy (non-hydrogen) atoms. The summed E-state index contributed by atoms with van der Waals surface area (Å²) in [7, 11) is 1.28. The van der Waals surface area contributed by atoms with Gasteiger partial charge in [0.2, 0.25) is 0 Å². The van der Waals surface area contributed by atoms with Crippen molar-refractivity contribution in [2.75, 3.05) is 12.4 Å². The van der Waals surface area contributed by atoms with Crippen LogP contribution in [0.2, 0.25) is 0 Å². The van der Waals surface area contributed by atoms with Crippen LogP contribution in [0.4, 0.5) is 10.5 Å². The zero-order valence-corrected chi connectivity index (χ0v) is 15.0. The predicted octanol–water partition coefficient (Wildman–Crippen LogP) is 3.76. The van der Waals surface area contributed by atoms with Gasteiger partial charge in [0.25, 0.3) is 5.91 Å². The van der Waals surface area contributed by atoms with Gasteiger partial charge in [0.05, 0.1) is 13.7 Å². The summed E-state index contributed by atoms with van der Waals surface area (Å²) in [5, 5.41) is 9.41. The van der Waals surface area contributed by atoms with E-state index in [2.05, 4.69) is 20.5 Å². The molecule has 0 bridgehead atoms. The molecule has 2 aromatic carbocycles. The molecular weight excluding hydrogens is 346 g/mol. The maximum atomic E-state index is 12.3. The zero-order valence-electron chi connectivity index (χ0n) is 15.0. The molecule has 7 nitrogen and oxygen atoms in total. The van der Waals surface area contributed by atoms with Gasteiger partial charge in [-0.3, -0.25) is 10.1 Å². The van der Waals surface area contributed by atoms with Gasteiger partial charge in [0, 0.05) is 22.4 Å². The number of aromatic nitrogens is 1. The second kappa shape index (κ2) is 8.18. The second-order valence-corrected chi connectivity index (χ2v) is 5.83. The molecule has 3 aromatic rings.